The zero-order chi connectivity index (χ0) is 20.5. The van der Waals surface area contributed by atoms with Crippen LogP contribution in [0.15, 0.2) is 70.6 Å². The fourth-order valence-corrected chi connectivity index (χ4v) is 3.37. The summed E-state index contributed by atoms with van der Waals surface area (Å²) >= 11 is 6.09. The molecular weight excluding hydrogens is 386 g/mol. The van der Waals surface area contributed by atoms with E-state index in [1.54, 1.807) is 36.5 Å². The first-order valence-corrected chi connectivity index (χ1v) is 9.44. The molecule has 0 fully saturated rings. The van der Waals surface area contributed by atoms with E-state index >= 15 is 0 Å². The Morgan fingerprint density at radius 2 is 1.79 bits per heavy atom. The van der Waals surface area contributed by atoms with Gasteiger partial charge >= 0.3 is 0 Å². The van der Waals surface area contributed by atoms with Gasteiger partial charge in [0.2, 0.25) is 5.88 Å². The Labute approximate surface area is 172 Å². The maximum Gasteiger partial charge on any atom is 0.265 e. The normalized spacial score (nSPS) is 11.4. The Bertz CT molecular complexity index is 1330. The van der Waals surface area contributed by atoms with E-state index in [9.17, 15) is 9.90 Å². The number of aromatic hydroxyl groups is 1. The lowest BCUT2D eigenvalue weighted by Crippen LogP contribution is -2.20. The molecule has 0 bridgehead atoms. The quantitative estimate of drug-likeness (QED) is 0.381. The Morgan fingerprint density at radius 3 is 2.52 bits per heavy atom. The molecule has 2 aromatic heterocycles. The minimum Gasteiger partial charge on any atom is -0.494 e. The number of fused-ring (bicyclic) bond motifs is 1. The Kier molecular flexibility index (Phi) is 4.91. The van der Waals surface area contributed by atoms with Crippen LogP contribution in [0.4, 0.5) is 5.69 Å². The summed E-state index contributed by atoms with van der Waals surface area (Å²) < 4.78 is 1.31. The van der Waals surface area contributed by atoms with Gasteiger partial charge in [0.15, 0.2) is 5.15 Å². The van der Waals surface area contributed by atoms with E-state index in [4.69, 9.17) is 11.6 Å². The van der Waals surface area contributed by atoms with Gasteiger partial charge in [-0.15, -0.1) is 0 Å². The van der Waals surface area contributed by atoms with E-state index in [0.717, 1.165) is 11.1 Å². The Morgan fingerprint density at radius 1 is 1.03 bits per heavy atom. The maximum atomic E-state index is 13.2. The summed E-state index contributed by atoms with van der Waals surface area (Å²) in [6.07, 6.45) is 3.09. The van der Waals surface area contributed by atoms with Crippen molar-refractivity contribution in [2.24, 2.45) is 4.99 Å². The Hall–Kier alpha value is -3.44. The molecule has 6 heteroatoms. The predicted molar refractivity (Wildman–Crippen MR) is 117 cm³/mol. The lowest BCUT2D eigenvalue weighted by molar-refractivity contribution is 0.436. The third-order valence-electron chi connectivity index (χ3n) is 4.92. The van der Waals surface area contributed by atoms with Gasteiger partial charge in [0, 0.05) is 23.2 Å². The number of pyridine rings is 2. The van der Waals surface area contributed by atoms with Gasteiger partial charge in [-0.3, -0.25) is 9.79 Å². The molecule has 4 rings (SSSR count). The van der Waals surface area contributed by atoms with E-state index in [1.807, 2.05) is 38.1 Å². The molecule has 5 nitrogen and oxygen atoms in total. The highest BCUT2D eigenvalue weighted by Crippen LogP contribution is 2.28. The number of aliphatic imine (C=N–C) groups is 1. The fourth-order valence-electron chi connectivity index (χ4n) is 3.20. The highest BCUT2D eigenvalue weighted by atomic mass is 35.5. The second-order valence-corrected chi connectivity index (χ2v) is 7.12. The average molecular weight is 404 g/mol. The molecule has 29 heavy (non-hydrogen) atoms. The van der Waals surface area contributed by atoms with Crippen molar-refractivity contribution in [2.75, 3.05) is 0 Å². The summed E-state index contributed by atoms with van der Waals surface area (Å²) in [5, 5.41) is 12.4. The first-order chi connectivity index (χ1) is 14.0. The van der Waals surface area contributed by atoms with E-state index in [-0.39, 0.29) is 16.6 Å². The van der Waals surface area contributed by atoms with Crippen LogP contribution in [0, 0.1) is 13.8 Å². The largest absolute Gasteiger partial charge is 0.494 e. The first-order valence-electron chi connectivity index (χ1n) is 9.06. The maximum absolute atomic E-state index is 13.2. The van der Waals surface area contributed by atoms with E-state index in [2.05, 4.69) is 9.98 Å². The molecule has 0 aliphatic rings. The van der Waals surface area contributed by atoms with E-state index in [0.29, 0.717) is 27.7 Å². The third-order valence-corrected chi connectivity index (χ3v) is 5.22. The Balaban J connectivity index is 2.00. The predicted octanol–water partition coefficient (Wildman–Crippen LogP) is 5.11. The van der Waals surface area contributed by atoms with E-state index < -0.39 is 0 Å². The number of hydrogen-bond acceptors (Lipinski definition) is 4. The summed E-state index contributed by atoms with van der Waals surface area (Å²) in [4.78, 5) is 21.5. The van der Waals surface area contributed by atoms with Crippen molar-refractivity contribution in [3.63, 3.8) is 0 Å². The summed E-state index contributed by atoms with van der Waals surface area (Å²) in [7, 11) is 0. The molecule has 0 unspecified atom stereocenters. The molecule has 1 N–H and O–H groups in total. The molecule has 0 saturated heterocycles. The van der Waals surface area contributed by atoms with Crippen LogP contribution in [0.3, 0.4) is 0 Å². The van der Waals surface area contributed by atoms with Crippen molar-refractivity contribution >= 4 is 34.3 Å². The highest BCUT2D eigenvalue weighted by molar-refractivity contribution is 6.31. The van der Waals surface area contributed by atoms with Crippen LogP contribution in [-0.4, -0.2) is 20.9 Å². The standard InChI is InChI=1S/C23H18ClN3O2/c1-14-9-10-16(12-15(14)2)27-22(28)18-7-4-3-6-17(18)19(23(27)29)13-26-20-8-5-11-25-21(20)24/h3-13,29H,1-2H3. The molecule has 0 amide bonds. The van der Waals surface area contributed by atoms with Gasteiger partial charge in [-0.25, -0.2) is 9.55 Å². The molecular formula is C23H18ClN3O2. The molecule has 0 aliphatic heterocycles. The van der Waals surface area contributed by atoms with Gasteiger partial charge in [-0.2, -0.15) is 0 Å². The molecule has 4 aromatic rings. The molecule has 0 aliphatic carbocycles. The van der Waals surface area contributed by atoms with Gasteiger partial charge in [0.1, 0.15) is 5.69 Å². The number of aromatic nitrogens is 2. The minimum atomic E-state index is -0.294. The number of nitrogens with zero attached hydrogens (tertiary/aromatic N) is 3. The van der Waals surface area contributed by atoms with Crippen LogP contribution in [0.5, 0.6) is 5.88 Å². The number of benzene rings is 2. The van der Waals surface area contributed by atoms with Gasteiger partial charge in [0.25, 0.3) is 5.56 Å². The van der Waals surface area contributed by atoms with Gasteiger partial charge in [-0.1, -0.05) is 35.9 Å². The first kappa shape index (κ1) is 18.9. The number of halogens is 1. The van der Waals surface area contributed by atoms with Crippen molar-refractivity contribution < 1.29 is 5.11 Å². The van der Waals surface area contributed by atoms with Crippen LogP contribution in [0.2, 0.25) is 5.15 Å². The average Bonchev–Trinajstić information content (AvgIpc) is 2.72. The zero-order valence-corrected chi connectivity index (χ0v) is 16.7. The van der Waals surface area contributed by atoms with Crippen molar-refractivity contribution in [1.29, 1.82) is 0 Å². The molecule has 0 spiro atoms. The molecule has 0 atom stereocenters. The molecule has 2 heterocycles. The van der Waals surface area contributed by atoms with Crippen LogP contribution in [-0.2, 0) is 0 Å². The smallest absolute Gasteiger partial charge is 0.265 e. The van der Waals surface area contributed by atoms with Gasteiger partial charge in [0.05, 0.1) is 11.3 Å². The molecule has 2 aromatic carbocycles. The second-order valence-electron chi connectivity index (χ2n) is 6.76. The molecule has 144 valence electrons. The summed E-state index contributed by atoms with van der Waals surface area (Å²) in [5.41, 5.74) is 3.34. The topological polar surface area (TPSA) is 67.5 Å². The monoisotopic (exact) mass is 403 g/mol. The minimum absolute atomic E-state index is 0.180. The van der Waals surface area contributed by atoms with Gasteiger partial charge in [-0.05, 0) is 55.3 Å². The molecule has 0 saturated carbocycles. The zero-order valence-electron chi connectivity index (χ0n) is 15.9. The van der Waals surface area contributed by atoms with Crippen molar-refractivity contribution in [1.82, 2.24) is 9.55 Å². The van der Waals surface area contributed by atoms with Crippen molar-refractivity contribution in [3.8, 4) is 11.6 Å². The van der Waals surface area contributed by atoms with Crippen LogP contribution < -0.4 is 5.56 Å². The van der Waals surface area contributed by atoms with Gasteiger partial charge < -0.3 is 5.11 Å². The van der Waals surface area contributed by atoms with Crippen molar-refractivity contribution in [3.05, 3.63) is 93.0 Å². The van der Waals surface area contributed by atoms with Crippen LogP contribution in [0.25, 0.3) is 16.5 Å². The fraction of sp³-hybridized carbons (Fsp3) is 0.0870. The summed E-state index contributed by atoms with van der Waals surface area (Å²) in [5.74, 6) is -0.180. The second kappa shape index (κ2) is 7.53. The van der Waals surface area contributed by atoms with E-state index in [1.165, 1.54) is 10.8 Å². The van der Waals surface area contributed by atoms with Crippen LogP contribution >= 0.6 is 11.6 Å². The SMILES string of the molecule is Cc1ccc(-n2c(O)c(C=Nc3cccnc3Cl)c3ccccc3c2=O)cc1C. The van der Waals surface area contributed by atoms with Crippen LogP contribution in [0.1, 0.15) is 16.7 Å². The van der Waals surface area contributed by atoms with Crippen molar-refractivity contribution in [2.45, 2.75) is 13.8 Å². The molecule has 0 radical (unpaired) electrons. The number of hydrogen-bond donors (Lipinski definition) is 1. The third kappa shape index (κ3) is 3.41. The number of aryl methyl sites for hydroxylation is 2. The number of rotatable bonds is 3. The lowest BCUT2D eigenvalue weighted by Gasteiger charge is -2.14. The summed E-state index contributed by atoms with van der Waals surface area (Å²) in [6, 6.07) is 16.2. The summed E-state index contributed by atoms with van der Waals surface area (Å²) in [6.45, 7) is 3.96. The lowest BCUT2D eigenvalue weighted by atomic mass is 10.1. The highest BCUT2D eigenvalue weighted by Gasteiger charge is 2.16.